The Morgan fingerprint density at radius 2 is 2.18 bits per heavy atom. The minimum atomic E-state index is -0.181. The molecule has 94 valence electrons. The standard InChI is InChI=1S/C15H22O2/c1-10(2)14-6-5-13-8-15(14,7-11(13)3)9-17-12(4)16/h13-14H,1,3,5-9H2,2,4H3/t13-,14+,15-/m1/s1. The van der Waals surface area contributed by atoms with Gasteiger partial charge in [-0.3, -0.25) is 4.79 Å². The average molecular weight is 234 g/mol. The summed E-state index contributed by atoms with van der Waals surface area (Å²) in [6.07, 6.45) is 4.51. The van der Waals surface area contributed by atoms with Gasteiger partial charge in [-0.25, -0.2) is 0 Å². The van der Waals surface area contributed by atoms with E-state index < -0.39 is 0 Å². The van der Waals surface area contributed by atoms with Gasteiger partial charge in [0.15, 0.2) is 0 Å². The topological polar surface area (TPSA) is 26.3 Å². The highest BCUT2D eigenvalue weighted by Crippen LogP contribution is 2.58. The van der Waals surface area contributed by atoms with Crippen LogP contribution in [0.15, 0.2) is 24.3 Å². The SMILES string of the molecule is C=C1C[C@]2(COC(C)=O)C[C@H]1CC[C@H]2C(=C)C. The molecule has 3 atom stereocenters. The first-order chi connectivity index (χ1) is 7.94. The van der Waals surface area contributed by atoms with E-state index in [9.17, 15) is 4.79 Å². The van der Waals surface area contributed by atoms with Crippen LogP contribution in [0.2, 0.25) is 0 Å². The molecule has 2 aliphatic carbocycles. The number of hydrogen-bond donors (Lipinski definition) is 0. The average Bonchev–Trinajstić information content (AvgIpc) is 2.49. The Morgan fingerprint density at radius 3 is 2.76 bits per heavy atom. The van der Waals surface area contributed by atoms with Crippen LogP contribution in [-0.2, 0) is 9.53 Å². The van der Waals surface area contributed by atoms with E-state index in [0.717, 1.165) is 12.8 Å². The van der Waals surface area contributed by atoms with Crippen LogP contribution in [0.5, 0.6) is 0 Å². The fraction of sp³-hybridized carbons (Fsp3) is 0.667. The smallest absolute Gasteiger partial charge is 0.302 e. The molecule has 0 aliphatic heterocycles. The molecule has 2 rings (SSSR count). The number of hydrogen-bond acceptors (Lipinski definition) is 2. The third-order valence-electron chi connectivity index (χ3n) is 4.51. The fourth-order valence-corrected chi connectivity index (χ4v) is 3.77. The summed E-state index contributed by atoms with van der Waals surface area (Å²) in [4.78, 5) is 11.0. The Labute approximate surface area is 104 Å². The summed E-state index contributed by atoms with van der Waals surface area (Å²) < 4.78 is 5.31. The van der Waals surface area contributed by atoms with Crippen molar-refractivity contribution in [3.05, 3.63) is 24.3 Å². The lowest BCUT2D eigenvalue weighted by atomic mass is 9.65. The number of allylic oxidation sites excluding steroid dienone is 2. The minimum absolute atomic E-state index is 0.0947. The predicted octanol–water partition coefficient (Wildman–Crippen LogP) is 3.49. The second-order valence-electron chi connectivity index (χ2n) is 5.85. The van der Waals surface area contributed by atoms with Crippen LogP contribution in [0.3, 0.4) is 0 Å². The highest BCUT2D eigenvalue weighted by Gasteiger charge is 2.50. The van der Waals surface area contributed by atoms with E-state index in [1.165, 1.54) is 30.9 Å². The maximum Gasteiger partial charge on any atom is 0.302 e. The van der Waals surface area contributed by atoms with E-state index in [-0.39, 0.29) is 11.4 Å². The highest BCUT2D eigenvalue weighted by molar-refractivity contribution is 5.66. The Hall–Kier alpha value is -1.05. The van der Waals surface area contributed by atoms with Gasteiger partial charge in [-0.05, 0) is 44.4 Å². The summed E-state index contributed by atoms with van der Waals surface area (Å²) in [5, 5.41) is 0. The maximum atomic E-state index is 11.0. The molecule has 2 nitrogen and oxygen atoms in total. The quantitative estimate of drug-likeness (QED) is 0.552. The zero-order valence-electron chi connectivity index (χ0n) is 10.9. The van der Waals surface area contributed by atoms with Crippen molar-refractivity contribution in [3.63, 3.8) is 0 Å². The fourth-order valence-electron chi connectivity index (χ4n) is 3.77. The molecule has 2 heteroatoms. The second-order valence-corrected chi connectivity index (χ2v) is 5.85. The van der Waals surface area contributed by atoms with Crippen molar-refractivity contribution in [3.8, 4) is 0 Å². The molecule has 0 aromatic heterocycles. The molecule has 0 aromatic rings. The third kappa shape index (κ3) is 2.18. The Bertz CT molecular complexity index is 369. The van der Waals surface area contributed by atoms with E-state index in [1.54, 1.807) is 0 Å². The first-order valence-corrected chi connectivity index (χ1v) is 6.41. The lowest BCUT2D eigenvalue weighted by Gasteiger charge is -2.40. The molecular formula is C15H22O2. The van der Waals surface area contributed by atoms with Crippen molar-refractivity contribution < 1.29 is 9.53 Å². The largest absolute Gasteiger partial charge is 0.465 e. The molecule has 0 radical (unpaired) electrons. The molecule has 0 spiro atoms. The van der Waals surface area contributed by atoms with Crippen LogP contribution in [0.25, 0.3) is 0 Å². The van der Waals surface area contributed by atoms with Crippen molar-refractivity contribution >= 4 is 5.97 Å². The molecule has 2 saturated carbocycles. The summed E-state index contributed by atoms with van der Waals surface area (Å²) in [6, 6.07) is 0. The van der Waals surface area contributed by atoms with E-state index in [4.69, 9.17) is 4.74 Å². The number of rotatable bonds is 3. The zero-order chi connectivity index (χ0) is 12.6. The van der Waals surface area contributed by atoms with Crippen LogP contribution in [0.1, 0.15) is 39.5 Å². The van der Waals surface area contributed by atoms with Crippen molar-refractivity contribution in [2.45, 2.75) is 39.5 Å². The Balaban J connectivity index is 2.21. The molecule has 0 unspecified atom stereocenters. The molecule has 0 heterocycles. The van der Waals surface area contributed by atoms with Crippen LogP contribution >= 0.6 is 0 Å². The van der Waals surface area contributed by atoms with Crippen LogP contribution < -0.4 is 0 Å². The summed E-state index contributed by atoms with van der Waals surface area (Å²) in [5.74, 6) is 0.943. The molecule has 0 N–H and O–H groups in total. The number of fused-ring (bicyclic) bond motifs is 2. The van der Waals surface area contributed by atoms with E-state index >= 15 is 0 Å². The summed E-state index contributed by atoms with van der Waals surface area (Å²) >= 11 is 0. The molecule has 0 amide bonds. The van der Waals surface area contributed by atoms with Gasteiger partial charge in [-0.1, -0.05) is 24.3 Å². The van der Waals surface area contributed by atoms with Crippen molar-refractivity contribution in [2.75, 3.05) is 6.61 Å². The normalized spacial score (nSPS) is 35.8. The summed E-state index contributed by atoms with van der Waals surface area (Å²) in [7, 11) is 0. The molecular weight excluding hydrogens is 212 g/mol. The maximum absolute atomic E-state index is 11.0. The first kappa shape index (κ1) is 12.4. The highest BCUT2D eigenvalue weighted by atomic mass is 16.5. The molecule has 2 aliphatic rings. The van der Waals surface area contributed by atoms with Gasteiger partial charge >= 0.3 is 5.97 Å². The van der Waals surface area contributed by atoms with Gasteiger partial charge in [-0.2, -0.15) is 0 Å². The zero-order valence-corrected chi connectivity index (χ0v) is 10.9. The number of esters is 1. The number of carbonyl (C=O) groups excluding carboxylic acids is 1. The van der Waals surface area contributed by atoms with Crippen molar-refractivity contribution in [2.24, 2.45) is 17.3 Å². The Morgan fingerprint density at radius 1 is 1.47 bits per heavy atom. The number of carbonyl (C=O) groups is 1. The molecule has 2 bridgehead atoms. The van der Waals surface area contributed by atoms with Gasteiger partial charge in [0.05, 0.1) is 6.61 Å². The predicted molar refractivity (Wildman–Crippen MR) is 68.5 cm³/mol. The van der Waals surface area contributed by atoms with Gasteiger partial charge in [0, 0.05) is 12.3 Å². The van der Waals surface area contributed by atoms with Gasteiger partial charge in [0.2, 0.25) is 0 Å². The van der Waals surface area contributed by atoms with Crippen molar-refractivity contribution in [1.82, 2.24) is 0 Å². The first-order valence-electron chi connectivity index (χ1n) is 6.41. The van der Waals surface area contributed by atoms with Gasteiger partial charge in [0.1, 0.15) is 0 Å². The van der Waals surface area contributed by atoms with Crippen molar-refractivity contribution in [1.29, 1.82) is 0 Å². The van der Waals surface area contributed by atoms with Crippen LogP contribution in [-0.4, -0.2) is 12.6 Å². The lowest BCUT2D eigenvalue weighted by Crippen LogP contribution is -2.37. The summed E-state index contributed by atoms with van der Waals surface area (Å²) in [5.41, 5.74) is 2.67. The van der Waals surface area contributed by atoms with E-state index in [0.29, 0.717) is 18.4 Å². The van der Waals surface area contributed by atoms with Crippen LogP contribution in [0.4, 0.5) is 0 Å². The molecule has 0 saturated heterocycles. The van der Waals surface area contributed by atoms with Gasteiger partial charge in [0.25, 0.3) is 0 Å². The minimum Gasteiger partial charge on any atom is -0.465 e. The third-order valence-corrected chi connectivity index (χ3v) is 4.51. The molecule has 2 fully saturated rings. The second kappa shape index (κ2) is 4.32. The number of ether oxygens (including phenoxy) is 1. The molecule has 0 aromatic carbocycles. The summed E-state index contributed by atoms with van der Waals surface area (Å²) in [6.45, 7) is 12.4. The monoisotopic (exact) mass is 234 g/mol. The van der Waals surface area contributed by atoms with Gasteiger partial charge in [-0.15, -0.1) is 0 Å². The Kier molecular flexibility index (Phi) is 3.15. The van der Waals surface area contributed by atoms with E-state index in [2.05, 4.69) is 20.1 Å². The molecule has 17 heavy (non-hydrogen) atoms. The van der Waals surface area contributed by atoms with Crippen LogP contribution in [0, 0.1) is 17.3 Å². The lowest BCUT2D eigenvalue weighted by molar-refractivity contribution is -0.146. The van der Waals surface area contributed by atoms with Gasteiger partial charge < -0.3 is 4.74 Å². The van der Waals surface area contributed by atoms with E-state index in [1.807, 2.05) is 0 Å².